The Labute approximate surface area is 203 Å². The maximum absolute atomic E-state index is 4.22. The van der Waals surface area contributed by atoms with Crippen molar-refractivity contribution in [3.05, 3.63) is 133 Å². The molecule has 33 heavy (non-hydrogen) atoms. The normalized spacial score (nSPS) is 10.9. The first-order valence-electron chi connectivity index (χ1n) is 11.5. The van der Waals surface area contributed by atoms with E-state index in [4.69, 9.17) is 0 Å². The molecule has 1 unspecified atom stereocenters. The minimum Gasteiger partial charge on any atom is -0.388 e. The molecule has 1 heteroatoms. The van der Waals surface area contributed by atoms with Crippen LogP contribution in [0.1, 0.15) is 58.2 Å². The molecule has 0 aliphatic rings. The van der Waals surface area contributed by atoms with Crippen LogP contribution >= 0.6 is 0 Å². The van der Waals surface area contributed by atoms with Crippen molar-refractivity contribution in [3.63, 3.8) is 0 Å². The summed E-state index contributed by atoms with van der Waals surface area (Å²) >= 11 is 0. The van der Waals surface area contributed by atoms with E-state index >= 15 is 0 Å². The minimum atomic E-state index is -0.159. The zero-order valence-corrected chi connectivity index (χ0v) is 21.8. The first-order chi connectivity index (χ1) is 15.7. The summed E-state index contributed by atoms with van der Waals surface area (Å²) in [5, 5.41) is 3.20. The van der Waals surface area contributed by atoms with Gasteiger partial charge in [0.1, 0.15) is 0 Å². The minimum absolute atomic E-state index is 0.159. The summed E-state index contributed by atoms with van der Waals surface area (Å²) in [5.74, 6) is 0. The molecule has 0 amide bonds. The Balaban J connectivity index is 0.000000603. The zero-order chi connectivity index (χ0) is 25.3. The summed E-state index contributed by atoms with van der Waals surface area (Å²) in [6.07, 6.45) is 1.83. The predicted molar refractivity (Wildman–Crippen MR) is 152 cm³/mol. The van der Waals surface area contributed by atoms with Crippen molar-refractivity contribution >= 4 is 11.8 Å². The largest absolute Gasteiger partial charge is 0.388 e. The van der Waals surface area contributed by atoms with Crippen LogP contribution in [0.25, 0.3) is 6.08 Å². The van der Waals surface area contributed by atoms with Gasteiger partial charge in [0.15, 0.2) is 0 Å². The van der Waals surface area contributed by atoms with Gasteiger partial charge in [-0.05, 0) is 56.5 Å². The molecule has 0 radical (unpaired) electrons. The highest BCUT2D eigenvalue weighted by Crippen LogP contribution is 2.38. The van der Waals surface area contributed by atoms with Crippen LogP contribution in [0.15, 0.2) is 116 Å². The van der Waals surface area contributed by atoms with Crippen molar-refractivity contribution in [3.8, 4) is 0 Å². The third-order valence-electron chi connectivity index (χ3n) is 4.97. The average molecular weight is 442 g/mol. The molecule has 0 heterocycles. The summed E-state index contributed by atoms with van der Waals surface area (Å²) < 4.78 is 0. The second kappa shape index (κ2) is 16.3. The number of hydrogen-bond donors (Lipinski definition) is 1. The topological polar surface area (TPSA) is 12.0 Å². The molecule has 3 rings (SSSR count). The molecule has 0 aliphatic heterocycles. The first-order valence-corrected chi connectivity index (χ1v) is 11.5. The standard InChI is InChI=1S/C18H21N.C8H8.C4H8.C2H6/c1-14(2)18(3,15-9-6-5-7-10-15)16-11-8-12-17(13-16)19-4;1-2-8-6-4-3-5-7-8;1-4(2)3;1-2/h5-13,19H,1H2,2-4H3;2-7H,1H2;1H2,2-3H3;1-2H3. The van der Waals surface area contributed by atoms with Gasteiger partial charge in [-0.15, -0.1) is 6.58 Å². The fourth-order valence-electron chi connectivity index (χ4n) is 3.01. The van der Waals surface area contributed by atoms with E-state index in [1.165, 1.54) is 22.3 Å². The quantitative estimate of drug-likeness (QED) is 0.389. The molecule has 176 valence electrons. The van der Waals surface area contributed by atoms with Crippen LogP contribution in [-0.2, 0) is 5.41 Å². The Kier molecular flexibility index (Phi) is 14.7. The second-order valence-corrected chi connectivity index (χ2v) is 7.92. The van der Waals surface area contributed by atoms with Crippen molar-refractivity contribution in [2.24, 2.45) is 0 Å². The average Bonchev–Trinajstić information content (AvgIpc) is 2.85. The van der Waals surface area contributed by atoms with Crippen LogP contribution in [0.5, 0.6) is 0 Å². The van der Waals surface area contributed by atoms with E-state index in [-0.39, 0.29) is 5.41 Å². The number of rotatable bonds is 5. The highest BCUT2D eigenvalue weighted by Gasteiger charge is 2.29. The van der Waals surface area contributed by atoms with E-state index in [0.717, 1.165) is 11.3 Å². The lowest BCUT2D eigenvalue weighted by molar-refractivity contribution is 0.677. The van der Waals surface area contributed by atoms with E-state index in [0.29, 0.717) is 0 Å². The summed E-state index contributed by atoms with van der Waals surface area (Å²) in [6, 6.07) is 29.1. The molecule has 0 aliphatic carbocycles. The van der Waals surface area contributed by atoms with Gasteiger partial charge in [-0.3, -0.25) is 0 Å². The summed E-state index contributed by atoms with van der Waals surface area (Å²) in [6.45, 7) is 23.7. The van der Waals surface area contributed by atoms with Gasteiger partial charge in [-0.1, -0.05) is 117 Å². The molecule has 0 saturated carbocycles. The lowest BCUT2D eigenvalue weighted by atomic mass is 9.71. The zero-order valence-electron chi connectivity index (χ0n) is 21.8. The first kappa shape index (κ1) is 29.7. The third kappa shape index (κ3) is 10.2. The highest BCUT2D eigenvalue weighted by molar-refractivity contribution is 5.53. The highest BCUT2D eigenvalue weighted by atomic mass is 14.8. The number of allylic oxidation sites excluding steroid dienone is 2. The Bertz CT molecular complexity index is 950. The van der Waals surface area contributed by atoms with Crippen LogP contribution in [-0.4, -0.2) is 7.05 Å². The van der Waals surface area contributed by atoms with E-state index < -0.39 is 0 Å². The van der Waals surface area contributed by atoms with Crippen LogP contribution in [0.2, 0.25) is 0 Å². The van der Waals surface area contributed by atoms with Crippen LogP contribution in [0.4, 0.5) is 5.69 Å². The molecule has 1 N–H and O–H groups in total. The smallest absolute Gasteiger partial charge is 0.0378 e. The molecule has 0 saturated heterocycles. The van der Waals surface area contributed by atoms with Crippen molar-refractivity contribution in [1.82, 2.24) is 0 Å². The number of anilines is 1. The predicted octanol–water partition coefficient (Wildman–Crippen LogP) is 9.55. The molecule has 0 fully saturated rings. The van der Waals surface area contributed by atoms with Gasteiger partial charge in [-0.25, -0.2) is 0 Å². The number of hydrogen-bond acceptors (Lipinski definition) is 1. The van der Waals surface area contributed by atoms with Crippen LogP contribution in [0.3, 0.4) is 0 Å². The maximum Gasteiger partial charge on any atom is 0.0378 e. The van der Waals surface area contributed by atoms with Gasteiger partial charge in [0, 0.05) is 18.2 Å². The second-order valence-electron chi connectivity index (χ2n) is 7.92. The third-order valence-corrected chi connectivity index (χ3v) is 4.97. The molecular weight excluding hydrogens is 398 g/mol. The summed E-state index contributed by atoms with van der Waals surface area (Å²) in [5.41, 5.74) is 6.99. The van der Waals surface area contributed by atoms with E-state index in [1.54, 1.807) is 0 Å². The van der Waals surface area contributed by atoms with Gasteiger partial charge >= 0.3 is 0 Å². The lowest BCUT2D eigenvalue weighted by Crippen LogP contribution is -2.24. The molecule has 3 aromatic carbocycles. The molecule has 0 aromatic heterocycles. The monoisotopic (exact) mass is 441 g/mol. The van der Waals surface area contributed by atoms with E-state index in [2.05, 4.69) is 87.4 Å². The number of nitrogens with one attached hydrogen (secondary N) is 1. The van der Waals surface area contributed by atoms with Crippen LogP contribution < -0.4 is 5.32 Å². The molecule has 1 nitrogen and oxygen atoms in total. The van der Waals surface area contributed by atoms with E-state index in [9.17, 15) is 0 Å². The lowest BCUT2D eigenvalue weighted by Gasteiger charge is -2.32. The van der Waals surface area contributed by atoms with Crippen molar-refractivity contribution in [2.75, 3.05) is 12.4 Å². The fraction of sp³-hybridized carbons (Fsp3) is 0.250. The SMILES string of the molecule is C=C(C)C.C=C(C)C(C)(c1ccccc1)c1cccc(NC)c1.C=Cc1ccccc1.CC. The maximum atomic E-state index is 4.22. The Morgan fingerprint density at radius 3 is 1.61 bits per heavy atom. The van der Waals surface area contributed by atoms with Gasteiger partial charge < -0.3 is 5.32 Å². The van der Waals surface area contributed by atoms with Crippen LogP contribution in [0, 0.1) is 0 Å². The van der Waals surface area contributed by atoms with Crippen molar-refractivity contribution < 1.29 is 0 Å². The van der Waals surface area contributed by atoms with Crippen molar-refractivity contribution in [2.45, 2.75) is 47.0 Å². The van der Waals surface area contributed by atoms with Gasteiger partial charge in [0.2, 0.25) is 0 Å². The molecular formula is C32H43N. The molecule has 3 aromatic rings. The summed E-state index contributed by atoms with van der Waals surface area (Å²) in [4.78, 5) is 0. The van der Waals surface area contributed by atoms with Gasteiger partial charge in [-0.2, -0.15) is 0 Å². The Morgan fingerprint density at radius 2 is 1.21 bits per heavy atom. The molecule has 1 atom stereocenters. The Hall–Kier alpha value is -3.32. The number of benzene rings is 3. The van der Waals surface area contributed by atoms with Gasteiger partial charge in [0.25, 0.3) is 0 Å². The van der Waals surface area contributed by atoms with Crippen molar-refractivity contribution in [1.29, 1.82) is 0 Å². The van der Waals surface area contributed by atoms with Gasteiger partial charge in [0.05, 0.1) is 0 Å². The van der Waals surface area contributed by atoms with E-state index in [1.807, 2.05) is 77.2 Å². The fourth-order valence-corrected chi connectivity index (χ4v) is 3.01. The molecule has 0 bridgehead atoms. The molecule has 0 spiro atoms. The summed E-state index contributed by atoms with van der Waals surface area (Å²) in [7, 11) is 1.94. The Morgan fingerprint density at radius 1 is 0.758 bits per heavy atom.